The number of benzene rings is 1. The number of rotatable bonds is 11. The third-order valence-electron chi connectivity index (χ3n) is 3.45. The minimum atomic E-state index is -4.51. The molecule has 0 amide bonds. The minimum Gasteiger partial charge on any atom is -0.345 e. The minimum absolute atomic E-state index is 0.0148. The zero-order valence-electron chi connectivity index (χ0n) is 14.7. The van der Waals surface area contributed by atoms with E-state index in [-0.39, 0.29) is 30.9 Å². The summed E-state index contributed by atoms with van der Waals surface area (Å²) >= 11 is 5.57. The lowest BCUT2D eigenvalue weighted by Gasteiger charge is -2.22. The van der Waals surface area contributed by atoms with Crippen molar-refractivity contribution >= 4 is 19.0 Å². The Kier molecular flexibility index (Phi) is 9.58. The van der Waals surface area contributed by atoms with Crippen LogP contribution in [0, 0.1) is 0 Å². The van der Waals surface area contributed by atoms with E-state index in [9.17, 15) is 22.6 Å². The van der Waals surface area contributed by atoms with Gasteiger partial charge in [0.15, 0.2) is 0 Å². The lowest BCUT2D eigenvalue weighted by atomic mass is 10.1. The Morgan fingerprint density at radius 1 is 1.27 bits per heavy atom. The Labute approximate surface area is 156 Å². The lowest BCUT2D eigenvalue weighted by molar-refractivity contribution is -0.137. The number of hydrogen-bond donors (Lipinski definition) is 2. The monoisotopic (exact) mass is 417 g/mol. The van der Waals surface area contributed by atoms with Crippen LogP contribution in [-0.2, 0) is 26.8 Å². The van der Waals surface area contributed by atoms with Gasteiger partial charge in [-0.25, -0.2) is 0 Å². The molecule has 5 nitrogen and oxygen atoms in total. The summed E-state index contributed by atoms with van der Waals surface area (Å²) in [6.07, 6.45) is -4.17. The Bertz CT molecular complexity index is 610. The van der Waals surface area contributed by atoms with E-state index >= 15 is 0 Å². The molecule has 1 atom stereocenters. The molecule has 0 bridgehead atoms. The summed E-state index contributed by atoms with van der Waals surface area (Å²) < 4.78 is 61.0. The second kappa shape index (κ2) is 10.6. The van der Waals surface area contributed by atoms with Gasteiger partial charge in [0.05, 0.1) is 10.6 Å². The van der Waals surface area contributed by atoms with E-state index in [0.717, 1.165) is 6.07 Å². The second-order valence-electron chi connectivity index (χ2n) is 5.54. The first-order chi connectivity index (χ1) is 12.1. The molecule has 0 fully saturated rings. The molecule has 0 saturated carbocycles. The maximum Gasteiger partial charge on any atom is 0.417 e. The van der Waals surface area contributed by atoms with Crippen molar-refractivity contribution in [3.05, 3.63) is 34.3 Å². The summed E-state index contributed by atoms with van der Waals surface area (Å²) in [5.74, 6) is 0. The van der Waals surface area contributed by atoms with E-state index in [1.807, 2.05) is 0 Å². The van der Waals surface area contributed by atoms with E-state index in [0.29, 0.717) is 18.5 Å². The number of hydrogen-bond acceptors (Lipinski definition) is 4. The van der Waals surface area contributed by atoms with E-state index in [4.69, 9.17) is 21.1 Å². The van der Waals surface area contributed by atoms with E-state index in [2.05, 4.69) is 5.32 Å². The molecule has 1 aromatic rings. The van der Waals surface area contributed by atoms with Crippen molar-refractivity contribution in [2.45, 2.75) is 39.0 Å². The lowest BCUT2D eigenvalue weighted by Crippen LogP contribution is -2.21. The summed E-state index contributed by atoms with van der Waals surface area (Å²) in [7, 11) is -3.64. The fraction of sp³-hybridized carbons (Fsp3) is 0.625. The summed E-state index contributed by atoms with van der Waals surface area (Å²) in [6.45, 7) is 4.47. The first kappa shape index (κ1) is 23.4. The fourth-order valence-corrected chi connectivity index (χ4v) is 4.05. The molecule has 0 aliphatic carbocycles. The van der Waals surface area contributed by atoms with Gasteiger partial charge < -0.3 is 19.7 Å². The fourth-order valence-electron chi connectivity index (χ4n) is 2.23. The van der Waals surface area contributed by atoms with Gasteiger partial charge in [0, 0.05) is 25.9 Å². The average molecular weight is 418 g/mol. The van der Waals surface area contributed by atoms with Crippen molar-refractivity contribution < 1.29 is 32.1 Å². The third kappa shape index (κ3) is 7.55. The zero-order chi connectivity index (χ0) is 19.8. The molecule has 0 heterocycles. The highest BCUT2D eigenvalue weighted by atomic mass is 35.5. The molecule has 150 valence electrons. The molecule has 1 unspecified atom stereocenters. The second-order valence-corrected chi connectivity index (χ2v) is 8.33. The van der Waals surface area contributed by atoms with Crippen molar-refractivity contribution in [3.8, 4) is 0 Å². The van der Waals surface area contributed by atoms with Gasteiger partial charge >= 0.3 is 6.18 Å². The van der Waals surface area contributed by atoms with Crippen molar-refractivity contribution in [1.29, 1.82) is 0 Å². The van der Waals surface area contributed by atoms with Crippen LogP contribution in [0.3, 0.4) is 0 Å². The van der Waals surface area contributed by atoms with Crippen LogP contribution < -0.4 is 5.32 Å². The molecule has 0 aromatic heterocycles. The van der Waals surface area contributed by atoms with Gasteiger partial charge in [-0.3, -0.25) is 4.57 Å². The van der Waals surface area contributed by atoms with Crippen LogP contribution in [0.25, 0.3) is 0 Å². The van der Waals surface area contributed by atoms with Gasteiger partial charge in [0.2, 0.25) is 6.03 Å². The molecule has 1 rings (SSSR count). The van der Waals surface area contributed by atoms with Crippen LogP contribution in [0.1, 0.15) is 31.4 Å². The quantitative estimate of drug-likeness (QED) is 0.316. The number of ether oxygens (including phenoxy) is 2. The smallest absolute Gasteiger partial charge is 0.345 e. The highest BCUT2D eigenvalue weighted by Crippen LogP contribution is 2.47. The van der Waals surface area contributed by atoms with Crippen LogP contribution in [0.15, 0.2) is 18.2 Å². The van der Waals surface area contributed by atoms with Crippen LogP contribution in [0.4, 0.5) is 13.2 Å². The van der Waals surface area contributed by atoms with Crippen molar-refractivity contribution in [2.75, 3.05) is 25.9 Å². The molecule has 0 aliphatic rings. The summed E-state index contributed by atoms with van der Waals surface area (Å²) in [6, 6.07) is 2.55. The maximum atomic E-state index is 12.8. The van der Waals surface area contributed by atoms with E-state index in [1.165, 1.54) is 12.1 Å². The van der Waals surface area contributed by atoms with Gasteiger partial charge in [-0.2, -0.15) is 13.2 Å². The standard InChI is InChI=1S/C16H24ClF3NO4P/c1-3-24-15(25-4-2)26(22,23)9-5-8-21-11-12-6-7-14(17)13(10-12)16(18,19)20/h6-7,10,15,21H,3-5,8-9,11H2,1-2H3,(H,22,23). The summed E-state index contributed by atoms with van der Waals surface area (Å²) in [4.78, 5) is 10.0. The SMILES string of the molecule is CCOC(OCC)P(=O)(O)CCCNCc1ccc(Cl)c(C(F)(F)F)c1. The molecule has 26 heavy (non-hydrogen) atoms. The molecule has 0 radical (unpaired) electrons. The Morgan fingerprint density at radius 3 is 2.42 bits per heavy atom. The van der Waals surface area contributed by atoms with Crippen LogP contribution in [0.2, 0.25) is 5.02 Å². The average Bonchev–Trinajstić information content (AvgIpc) is 2.54. The van der Waals surface area contributed by atoms with Crippen LogP contribution in [-0.4, -0.2) is 36.8 Å². The largest absolute Gasteiger partial charge is 0.417 e. The highest BCUT2D eigenvalue weighted by molar-refractivity contribution is 7.58. The molecule has 0 spiro atoms. The van der Waals surface area contributed by atoms with Gasteiger partial charge in [-0.15, -0.1) is 0 Å². The molecule has 2 N–H and O–H groups in total. The van der Waals surface area contributed by atoms with Gasteiger partial charge in [0.1, 0.15) is 0 Å². The predicted molar refractivity (Wildman–Crippen MR) is 94.5 cm³/mol. The Morgan fingerprint density at radius 2 is 1.88 bits per heavy atom. The number of halogens is 4. The molecule has 1 aromatic carbocycles. The maximum absolute atomic E-state index is 12.8. The third-order valence-corrected chi connectivity index (χ3v) is 5.69. The molecule has 0 saturated heterocycles. The highest BCUT2D eigenvalue weighted by Gasteiger charge is 2.33. The Hall–Kier alpha value is -0.630. The van der Waals surface area contributed by atoms with Crippen LogP contribution >= 0.6 is 19.0 Å². The van der Waals surface area contributed by atoms with Gasteiger partial charge in [-0.05, 0) is 44.5 Å². The van der Waals surface area contributed by atoms with Gasteiger partial charge in [0.25, 0.3) is 7.37 Å². The molecular formula is C16H24ClF3NO4P. The molecular weight excluding hydrogens is 394 g/mol. The van der Waals surface area contributed by atoms with Crippen molar-refractivity contribution in [2.24, 2.45) is 0 Å². The Balaban J connectivity index is 2.49. The number of alkyl halides is 3. The van der Waals surface area contributed by atoms with E-state index < -0.39 is 25.1 Å². The predicted octanol–water partition coefficient (Wildman–Crippen LogP) is 4.47. The molecule has 0 aliphatic heterocycles. The zero-order valence-corrected chi connectivity index (χ0v) is 16.3. The summed E-state index contributed by atoms with van der Waals surface area (Å²) in [5, 5.41) is 2.60. The van der Waals surface area contributed by atoms with Crippen LogP contribution in [0.5, 0.6) is 0 Å². The van der Waals surface area contributed by atoms with Crippen molar-refractivity contribution in [3.63, 3.8) is 0 Å². The molecule has 10 heteroatoms. The number of nitrogens with one attached hydrogen (secondary N) is 1. The first-order valence-electron chi connectivity index (χ1n) is 8.22. The summed E-state index contributed by atoms with van der Waals surface area (Å²) in [5.41, 5.74) is -0.454. The first-order valence-corrected chi connectivity index (χ1v) is 10.5. The van der Waals surface area contributed by atoms with Gasteiger partial charge in [-0.1, -0.05) is 17.7 Å². The van der Waals surface area contributed by atoms with E-state index in [1.54, 1.807) is 13.8 Å². The van der Waals surface area contributed by atoms with Crippen molar-refractivity contribution in [1.82, 2.24) is 5.32 Å². The topological polar surface area (TPSA) is 67.8 Å². The normalized spacial score (nSPS) is 14.6.